The van der Waals surface area contributed by atoms with E-state index in [1.807, 2.05) is 6.07 Å². The SMILES string of the molecule is COCCN(C(=O)O)c1ccccc1. The molecule has 0 unspecified atom stereocenters. The Morgan fingerprint density at radius 2 is 2.07 bits per heavy atom. The number of methoxy groups -OCH3 is 1. The predicted octanol–water partition coefficient (Wildman–Crippen LogP) is 1.82. The molecule has 1 rings (SSSR count). The van der Waals surface area contributed by atoms with Crippen LogP contribution in [0.5, 0.6) is 0 Å². The number of carbonyl (C=O) groups is 1. The van der Waals surface area contributed by atoms with E-state index in [4.69, 9.17) is 9.84 Å². The van der Waals surface area contributed by atoms with Crippen molar-refractivity contribution in [3.63, 3.8) is 0 Å². The molecule has 1 amide bonds. The lowest BCUT2D eigenvalue weighted by molar-refractivity contribution is 0.186. The standard InChI is InChI=1S/C10H13NO3/c1-14-8-7-11(10(12)13)9-5-3-2-4-6-9/h2-6H,7-8H2,1H3,(H,12,13). The van der Waals surface area contributed by atoms with E-state index in [0.29, 0.717) is 18.8 Å². The third-order valence-corrected chi connectivity index (χ3v) is 1.82. The first-order chi connectivity index (χ1) is 6.75. The molecule has 0 radical (unpaired) electrons. The Morgan fingerprint density at radius 1 is 1.43 bits per heavy atom. The van der Waals surface area contributed by atoms with E-state index in [9.17, 15) is 4.79 Å². The second-order valence-corrected chi connectivity index (χ2v) is 2.76. The molecule has 14 heavy (non-hydrogen) atoms. The van der Waals surface area contributed by atoms with E-state index >= 15 is 0 Å². The van der Waals surface area contributed by atoms with Crippen LogP contribution in [0.1, 0.15) is 0 Å². The van der Waals surface area contributed by atoms with Crippen LogP contribution in [0.15, 0.2) is 30.3 Å². The number of benzene rings is 1. The summed E-state index contributed by atoms with van der Waals surface area (Å²) in [6, 6.07) is 8.96. The van der Waals surface area contributed by atoms with Gasteiger partial charge in [0, 0.05) is 12.8 Å². The first-order valence-corrected chi connectivity index (χ1v) is 4.30. The van der Waals surface area contributed by atoms with Gasteiger partial charge in [-0.25, -0.2) is 4.79 Å². The molecule has 0 heterocycles. The summed E-state index contributed by atoms with van der Waals surface area (Å²) in [5, 5.41) is 8.92. The Hall–Kier alpha value is -1.55. The van der Waals surface area contributed by atoms with Gasteiger partial charge in [-0.2, -0.15) is 0 Å². The van der Waals surface area contributed by atoms with E-state index in [1.54, 1.807) is 31.4 Å². The summed E-state index contributed by atoms with van der Waals surface area (Å²) in [7, 11) is 1.55. The molecule has 1 N–H and O–H groups in total. The van der Waals surface area contributed by atoms with Gasteiger partial charge in [0.05, 0.1) is 13.2 Å². The van der Waals surface area contributed by atoms with Crippen LogP contribution in [0.25, 0.3) is 0 Å². The molecule has 4 heteroatoms. The van der Waals surface area contributed by atoms with E-state index in [2.05, 4.69) is 0 Å². The molecule has 4 nitrogen and oxygen atoms in total. The van der Waals surface area contributed by atoms with Crippen molar-refractivity contribution in [3.8, 4) is 0 Å². The van der Waals surface area contributed by atoms with Crippen molar-refractivity contribution < 1.29 is 14.6 Å². The van der Waals surface area contributed by atoms with Gasteiger partial charge >= 0.3 is 6.09 Å². The fourth-order valence-corrected chi connectivity index (χ4v) is 1.13. The van der Waals surface area contributed by atoms with Crippen LogP contribution in [0, 0.1) is 0 Å². The molecule has 0 saturated carbocycles. The second kappa shape index (κ2) is 5.24. The summed E-state index contributed by atoms with van der Waals surface area (Å²) >= 11 is 0. The molecule has 0 aliphatic carbocycles. The number of anilines is 1. The van der Waals surface area contributed by atoms with Gasteiger partial charge in [-0.1, -0.05) is 18.2 Å². The third kappa shape index (κ3) is 2.74. The molecule has 0 bridgehead atoms. The monoisotopic (exact) mass is 195 g/mol. The molecule has 0 fully saturated rings. The minimum Gasteiger partial charge on any atom is -0.465 e. The number of hydrogen-bond acceptors (Lipinski definition) is 2. The molecular formula is C10H13NO3. The molecular weight excluding hydrogens is 182 g/mol. The molecule has 0 saturated heterocycles. The third-order valence-electron chi connectivity index (χ3n) is 1.82. The zero-order valence-electron chi connectivity index (χ0n) is 8.01. The molecule has 76 valence electrons. The second-order valence-electron chi connectivity index (χ2n) is 2.76. The van der Waals surface area contributed by atoms with Gasteiger partial charge < -0.3 is 9.84 Å². The van der Waals surface area contributed by atoms with Crippen LogP contribution >= 0.6 is 0 Å². The largest absolute Gasteiger partial charge is 0.465 e. The van der Waals surface area contributed by atoms with Crippen molar-refractivity contribution in [2.45, 2.75) is 0 Å². The number of rotatable bonds is 4. The Kier molecular flexibility index (Phi) is 3.94. The van der Waals surface area contributed by atoms with Crippen LogP contribution in [0.2, 0.25) is 0 Å². The van der Waals surface area contributed by atoms with Gasteiger partial charge in [-0.15, -0.1) is 0 Å². The zero-order valence-corrected chi connectivity index (χ0v) is 8.01. The highest BCUT2D eigenvalue weighted by molar-refractivity contribution is 5.85. The summed E-state index contributed by atoms with van der Waals surface area (Å²) < 4.78 is 4.84. The molecule has 1 aromatic rings. The highest BCUT2D eigenvalue weighted by Crippen LogP contribution is 2.12. The highest BCUT2D eigenvalue weighted by atomic mass is 16.5. The molecule has 0 aliphatic rings. The van der Waals surface area contributed by atoms with Gasteiger partial charge in [-0.05, 0) is 12.1 Å². The minimum absolute atomic E-state index is 0.343. The lowest BCUT2D eigenvalue weighted by Gasteiger charge is -2.18. The van der Waals surface area contributed by atoms with E-state index in [0.717, 1.165) is 0 Å². The molecule has 0 atom stereocenters. The number of nitrogens with zero attached hydrogens (tertiary/aromatic N) is 1. The Balaban J connectivity index is 2.73. The summed E-state index contributed by atoms with van der Waals surface area (Å²) in [4.78, 5) is 12.1. The molecule has 0 aliphatic heterocycles. The predicted molar refractivity (Wildman–Crippen MR) is 53.7 cm³/mol. The number of ether oxygens (including phenoxy) is 1. The first-order valence-electron chi connectivity index (χ1n) is 4.30. The maximum Gasteiger partial charge on any atom is 0.411 e. The maximum absolute atomic E-state index is 10.9. The molecule has 0 aromatic heterocycles. The smallest absolute Gasteiger partial charge is 0.411 e. The molecule has 1 aromatic carbocycles. The normalized spacial score (nSPS) is 9.79. The summed E-state index contributed by atoms with van der Waals surface area (Å²) in [6.45, 7) is 0.733. The van der Waals surface area contributed by atoms with Crippen LogP contribution in [0.4, 0.5) is 10.5 Å². The number of para-hydroxylation sites is 1. The lowest BCUT2D eigenvalue weighted by atomic mass is 10.3. The van der Waals surface area contributed by atoms with Crippen molar-refractivity contribution in [2.24, 2.45) is 0 Å². The quantitative estimate of drug-likeness (QED) is 0.797. The topological polar surface area (TPSA) is 49.8 Å². The van der Waals surface area contributed by atoms with Gasteiger partial charge in [0.2, 0.25) is 0 Å². The highest BCUT2D eigenvalue weighted by Gasteiger charge is 2.12. The zero-order chi connectivity index (χ0) is 10.4. The fourth-order valence-electron chi connectivity index (χ4n) is 1.13. The van der Waals surface area contributed by atoms with Crippen LogP contribution < -0.4 is 4.90 Å². The average molecular weight is 195 g/mol. The van der Waals surface area contributed by atoms with Gasteiger partial charge in [0.25, 0.3) is 0 Å². The van der Waals surface area contributed by atoms with Crippen molar-refractivity contribution in [2.75, 3.05) is 25.2 Å². The average Bonchev–Trinajstić information content (AvgIpc) is 2.19. The Bertz CT molecular complexity index is 287. The number of carboxylic acid groups (broad SMARTS) is 1. The van der Waals surface area contributed by atoms with Crippen LogP contribution in [-0.2, 0) is 4.74 Å². The van der Waals surface area contributed by atoms with Crippen LogP contribution in [0.3, 0.4) is 0 Å². The minimum atomic E-state index is -0.965. The van der Waals surface area contributed by atoms with E-state index in [-0.39, 0.29) is 0 Å². The van der Waals surface area contributed by atoms with E-state index in [1.165, 1.54) is 4.90 Å². The fraction of sp³-hybridized carbons (Fsp3) is 0.300. The molecule has 0 spiro atoms. The van der Waals surface area contributed by atoms with E-state index < -0.39 is 6.09 Å². The van der Waals surface area contributed by atoms with Crippen molar-refractivity contribution in [1.29, 1.82) is 0 Å². The van der Waals surface area contributed by atoms with Crippen molar-refractivity contribution in [1.82, 2.24) is 0 Å². The summed E-state index contributed by atoms with van der Waals surface area (Å²) in [5.74, 6) is 0. The first kappa shape index (κ1) is 10.5. The number of amides is 1. The van der Waals surface area contributed by atoms with Crippen molar-refractivity contribution in [3.05, 3.63) is 30.3 Å². The number of hydrogen-bond donors (Lipinski definition) is 1. The van der Waals surface area contributed by atoms with Gasteiger partial charge in [0.15, 0.2) is 0 Å². The van der Waals surface area contributed by atoms with Gasteiger partial charge in [0.1, 0.15) is 0 Å². The Labute approximate surface area is 82.7 Å². The summed E-state index contributed by atoms with van der Waals surface area (Å²) in [6.07, 6.45) is -0.965. The maximum atomic E-state index is 10.9. The van der Waals surface area contributed by atoms with Gasteiger partial charge in [-0.3, -0.25) is 4.90 Å². The summed E-state index contributed by atoms with van der Waals surface area (Å²) in [5.41, 5.74) is 0.664. The lowest BCUT2D eigenvalue weighted by Crippen LogP contribution is -2.32. The Morgan fingerprint density at radius 3 is 2.57 bits per heavy atom. The van der Waals surface area contributed by atoms with Crippen LogP contribution in [-0.4, -0.2) is 31.5 Å². The van der Waals surface area contributed by atoms with Crippen molar-refractivity contribution >= 4 is 11.8 Å².